The van der Waals surface area contributed by atoms with Gasteiger partial charge in [-0.2, -0.15) is 13.2 Å². The molecule has 2 aromatic rings. The number of nitrogens with zero attached hydrogens (tertiary/aromatic N) is 2. The van der Waals surface area contributed by atoms with E-state index in [1.165, 1.54) is 4.90 Å². The minimum absolute atomic E-state index is 0.182. The predicted octanol–water partition coefficient (Wildman–Crippen LogP) is 3.63. The Morgan fingerprint density at radius 3 is 2.36 bits per heavy atom. The van der Waals surface area contributed by atoms with Crippen molar-refractivity contribution in [2.45, 2.75) is 31.5 Å². The number of alkyl halides is 3. The maximum atomic E-state index is 12.9. The number of carbonyl (C=O) groups is 1. The SMILES string of the molecule is O=C(Cn1cc(C(F)(F)F)cc(Cl)c1=O)N1CCC(c2ccc(O)cc2)CC1. The second-order valence-corrected chi connectivity index (χ2v) is 7.16. The van der Waals surface area contributed by atoms with Crippen molar-refractivity contribution in [3.63, 3.8) is 0 Å². The van der Waals surface area contributed by atoms with Crippen LogP contribution in [0.3, 0.4) is 0 Å². The minimum atomic E-state index is -4.66. The Balaban J connectivity index is 1.67. The number of piperidine rings is 1. The molecule has 1 aromatic heterocycles. The summed E-state index contributed by atoms with van der Waals surface area (Å²) in [6.07, 6.45) is -2.66. The fraction of sp³-hybridized carbons (Fsp3) is 0.368. The quantitative estimate of drug-likeness (QED) is 0.834. The van der Waals surface area contributed by atoms with Crippen molar-refractivity contribution in [1.29, 1.82) is 0 Å². The number of aromatic nitrogens is 1. The van der Waals surface area contributed by atoms with Crippen molar-refractivity contribution in [2.75, 3.05) is 13.1 Å². The lowest BCUT2D eigenvalue weighted by Gasteiger charge is -2.32. The molecule has 0 saturated carbocycles. The lowest BCUT2D eigenvalue weighted by atomic mass is 9.89. The Labute approximate surface area is 164 Å². The zero-order chi connectivity index (χ0) is 20.5. The number of halogens is 4. The first kappa shape index (κ1) is 20.3. The Morgan fingerprint density at radius 1 is 1.18 bits per heavy atom. The third-order valence-electron chi connectivity index (χ3n) is 4.89. The number of hydrogen-bond acceptors (Lipinski definition) is 3. The first-order chi connectivity index (χ1) is 13.1. The minimum Gasteiger partial charge on any atom is -0.508 e. The molecule has 0 radical (unpaired) electrons. The summed E-state index contributed by atoms with van der Waals surface area (Å²) in [5.41, 5.74) is -0.844. The number of phenolic OH excluding ortho intramolecular Hbond substituents is 1. The summed E-state index contributed by atoms with van der Waals surface area (Å²) in [5, 5.41) is 8.79. The topological polar surface area (TPSA) is 62.5 Å². The number of phenols is 1. The molecule has 1 aromatic carbocycles. The Bertz CT molecular complexity index is 918. The van der Waals surface area contributed by atoms with Gasteiger partial charge < -0.3 is 14.6 Å². The molecular formula is C19H18ClF3N2O3. The smallest absolute Gasteiger partial charge is 0.417 e. The first-order valence-electron chi connectivity index (χ1n) is 8.69. The van der Waals surface area contributed by atoms with Gasteiger partial charge in [0.1, 0.15) is 17.3 Å². The Morgan fingerprint density at radius 2 is 1.79 bits per heavy atom. The second-order valence-electron chi connectivity index (χ2n) is 6.75. The van der Waals surface area contributed by atoms with E-state index in [0.717, 1.165) is 5.56 Å². The average Bonchev–Trinajstić information content (AvgIpc) is 2.65. The summed E-state index contributed by atoms with van der Waals surface area (Å²) < 4.78 is 39.5. The zero-order valence-corrected chi connectivity index (χ0v) is 15.5. The van der Waals surface area contributed by atoms with Crippen LogP contribution in [0.2, 0.25) is 5.02 Å². The van der Waals surface area contributed by atoms with Gasteiger partial charge in [-0.15, -0.1) is 0 Å². The molecule has 1 aliphatic rings. The lowest BCUT2D eigenvalue weighted by Crippen LogP contribution is -2.41. The van der Waals surface area contributed by atoms with Crippen molar-refractivity contribution < 1.29 is 23.1 Å². The van der Waals surface area contributed by atoms with Gasteiger partial charge in [0, 0.05) is 19.3 Å². The van der Waals surface area contributed by atoms with Gasteiger partial charge in [-0.1, -0.05) is 23.7 Å². The molecule has 28 heavy (non-hydrogen) atoms. The van der Waals surface area contributed by atoms with Crippen LogP contribution in [0.15, 0.2) is 41.3 Å². The summed E-state index contributed by atoms with van der Waals surface area (Å²) in [7, 11) is 0. The maximum absolute atomic E-state index is 12.9. The normalized spacial score (nSPS) is 15.6. The van der Waals surface area contributed by atoms with Crippen LogP contribution in [0.25, 0.3) is 0 Å². The van der Waals surface area contributed by atoms with E-state index in [1.54, 1.807) is 12.1 Å². The zero-order valence-electron chi connectivity index (χ0n) is 14.7. The molecule has 1 amide bonds. The van der Waals surface area contributed by atoms with E-state index in [1.807, 2.05) is 12.1 Å². The molecule has 1 N–H and O–H groups in total. The van der Waals surface area contributed by atoms with Gasteiger partial charge in [0.25, 0.3) is 5.56 Å². The van der Waals surface area contributed by atoms with Gasteiger partial charge in [-0.3, -0.25) is 9.59 Å². The summed E-state index contributed by atoms with van der Waals surface area (Å²) in [6, 6.07) is 7.45. The van der Waals surface area contributed by atoms with Crippen LogP contribution in [-0.4, -0.2) is 33.6 Å². The van der Waals surface area contributed by atoms with Gasteiger partial charge in [0.2, 0.25) is 5.91 Å². The number of rotatable bonds is 3. The van der Waals surface area contributed by atoms with E-state index >= 15 is 0 Å². The molecule has 1 saturated heterocycles. The third-order valence-corrected chi connectivity index (χ3v) is 5.16. The van der Waals surface area contributed by atoms with Gasteiger partial charge in [-0.25, -0.2) is 0 Å². The molecule has 1 fully saturated rings. The van der Waals surface area contributed by atoms with Crippen molar-refractivity contribution in [3.05, 3.63) is 63.0 Å². The van der Waals surface area contributed by atoms with E-state index < -0.39 is 34.8 Å². The monoisotopic (exact) mass is 414 g/mol. The van der Waals surface area contributed by atoms with Crippen LogP contribution >= 0.6 is 11.6 Å². The van der Waals surface area contributed by atoms with Crippen LogP contribution in [0, 0.1) is 0 Å². The number of hydrogen-bond donors (Lipinski definition) is 1. The molecule has 0 spiro atoms. The van der Waals surface area contributed by atoms with Crippen LogP contribution in [0.1, 0.15) is 29.9 Å². The van der Waals surface area contributed by atoms with Gasteiger partial charge in [0.15, 0.2) is 0 Å². The van der Waals surface area contributed by atoms with E-state index in [2.05, 4.69) is 0 Å². The summed E-state index contributed by atoms with van der Waals surface area (Å²) in [6.45, 7) is 0.379. The molecule has 0 atom stereocenters. The van der Waals surface area contributed by atoms with Crippen molar-refractivity contribution in [3.8, 4) is 5.75 Å². The first-order valence-corrected chi connectivity index (χ1v) is 9.07. The average molecular weight is 415 g/mol. The van der Waals surface area contributed by atoms with Crippen molar-refractivity contribution >= 4 is 17.5 Å². The van der Waals surface area contributed by atoms with E-state index in [9.17, 15) is 27.9 Å². The largest absolute Gasteiger partial charge is 0.508 e. The number of carbonyl (C=O) groups excluding carboxylic acids is 1. The highest BCUT2D eigenvalue weighted by Crippen LogP contribution is 2.30. The third kappa shape index (κ3) is 4.49. The molecule has 9 heteroatoms. The summed E-state index contributed by atoms with van der Waals surface area (Å²) in [5.74, 6) is -0.0152. The lowest BCUT2D eigenvalue weighted by molar-refractivity contribution is -0.139. The summed E-state index contributed by atoms with van der Waals surface area (Å²) >= 11 is 5.62. The van der Waals surface area contributed by atoms with Crippen LogP contribution in [0.4, 0.5) is 13.2 Å². The number of aromatic hydroxyl groups is 1. The van der Waals surface area contributed by atoms with Crippen molar-refractivity contribution in [2.24, 2.45) is 0 Å². The highest BCUT2D eigenvalue weighted by molar-refractivity contribution is 6.30. The number of amides is 1. The van der Waals surface area contributed by atoms with Gasteiger partial charge >= 0.3 is 6.18 Å². The molecule has 0 aliphatic carbocycles. The highest BCUT2D eigenvalue weighted by atomic mass is 35.5. The molecule has 5 nitrogen and oxygen atoms in total. The molecule has 2 heterocycles. The van der Waals surface area contributed by atoms with Crippen LogP contribution in [0.5, 0.6) is 5.75 Å². The Kier molecular flexibility index (Phi) is 5.69. The molecule has 1 aliphatic heterocycles. The van der Waals surface area contributed by atoms with E-state index in [4.69, 9.17) is 11.6 Å². The summed E-state index contributed by atoms with van der Waals surface area (Å²) in [4.78, 5) is 26.0. The van der Waals surface area contributed by atoms with Crippen molar-refractivity contribution in [1.82, 2.24) is 9.47 Å². The standard InChI is InChI=1S/C19H18ClF3N2O3/c20-16-9-14(19(21,22)23)10-25(18(16)28)11-17(27)24-7-5-13(6-8-24)12-1-3-15(26)4-2-12/h1-4,9-10,13,26H,5-8,11H2. The van der Waals surface area contributed by atoms with Gasteiger partial charge in [0.05, 0.1) is 5.56 Å². The van der Waals surface area contributed by atoms with Crippen LogP contribution in [-0.2, 0) is 17.5 Å². The fourth-order valence-corrected chi connectivity index (χ4v) is 3.55. The van der Waals surface area contributed by atoms with E-state index in [-0.39, 0.29) is 11.7 Å². The Hall–Kier alpha value is -2.48. The molecular weight excluding hydrogens is 397 g/mol. The molecule has 0 unspecified atom stereocenters. The second kappa shape index (κ2) is 7.87. The fourth-order valence-electron chi connectivity index (χ4n) is 3.33. The highest BCUT2D eigenvalue weighted by Gasteiger charge is 2.32. The molecule has 150 valence electrons. The molecule has 3 rings (SSSR count). The predicted molar refractivity (Wildman–Crippen MR) is 97.4 cm³/mol. The van der Waals surface area contributed by atoms with Crippen LogP contribution < -0.4 is 5.56 Å². The number of benzene rings is 1. The number of likely N-dealkylation sites (tertiary alicyclic amines) is 1. The van der Waals surface area contributed by atoms with Gasteiger partial charge in [-0.05, 0) is 42.5 Å². The number of pyridine rings is 1. The molecule has 0 bridgehead atoms. The van der Waals surface area contributed by atoms with E-state index in [0.29, 0.717) is 42.8 Å². The maximum Gasteiger partial charge on any atom is 0.417 e.